The van der Waals surface area contributed by atoms with Crippen LogP contribution < -0.4 is 21.6 Å². The Morgan fingerprint density at radius 2 is 1.97 bits per heavy atom. The Bertz CT molecular complexity index is 1400. The zero-order valence-electron chi connectivity index (χ0n) is 20.1. The molecule has 0 saturated heterocycles. The van der Waals surface area contributed by atoms with Gasteiger partial charge in [-0.1, -0.05) is 0 Å². The van der Waals surface area contributed by atoms with E-state index < -0.39 is 24.5 Å². The van der Waals surface area contributed by atoms with Gasteiger partial charge in [0.2, 0.25) is 5.88 Å². The molecule has 0 atom stereocenters. The van der Waals surface area contributed by atoms with E-state index in [0.29, 0.717) is 24.0 Å². The second-order valence-corrected chi connectivity index (χ2v) is 8.47. The predicted molar refractivity (Wildman–Crippen MR) is 129 cm³/mol. The van der Waals surface area contributed by atoms with E-state index >= 15 is 0 Å². The van der Waals surface area contributed by atoms with E-state index in [2.05, 4.69) is 15.4 Å². The number of amidine groups is 1. The van der Waals surface area contributed by atoms with E-state index in [1.54, 1.807) is 10.6 Å². The number of pyridine rings is 1. The molecule has 11 nitrogen and oxygen atoms in total. The van der Waals surface area contributed by atoms with E-state index in [0.717, 1.165) is 17.3 Å². The zero-order valence-corrected chi connectivity index (χ0v) is 20.1. The highest BCUT2D eigenvalue weighted by Gasteiger charge is 2.31. The first-order valence-electron chi connectivity index (χ1n) is 11.3. The quantitative estimate of drug-likeness (QED) is 0.130. The summed E-state index contributed by atoms with van der Waals surface area (Å²) in [5, 5.41) is 7.65. The fraction of sp³-hybridized carbons (Fsp3) is 0.304. The Morgan fingerprint density at radius 3 is 2.68 bits per heavy atom. The van der Waals surface area contributed by atoms with Crippen LogP contribution in [0.5, 0.6) is 5.88 Å². The van der Waals surface area contributed by atoms with Crippen LogP contribution in [0.2, 0.25) is 0 Å². The number of hydrazone groups is 1. The summed E-state index contributed by atoms with van der Waals surface area (Å²) in [6, 6.07) is 6.55. The third kappa shape index (κ3) is 5.94. The number of carbonyl (C=O) groups is 2. The van der Waals surface area contributed by atoms with Crippen molar-refractivity contribution in [3.8, 4) is 5.88 Å². The predicted octanol–water partition coefficient (Wildman–Crippen LogP) is 1.43. The summed E-state index contributed by atoms with van der Waals surface area (Å²) in [7, 11) is 1.43. The molecule has 2 amide bonds. The molecule has 0 fully saturated rings. The molecule has 3 heterocycles. The summed E-state index contributed by atoms with van der Waals surface area (Å²) in [5.41, 5.74) is 6.74. The summed E-state index contributed by atoms with van der Waals surface area (Å²) in [5.74, 6) is 3.46. The van der Waals surface area contributed by atoms with Crippen molar-refractivity contribution < 1.29 is 31.9 Å². The smallest absolute Gasteiger partial charge is 0.422 e. The van der Waals surface area contributed by atoms with E-state index in [4.69, 9.17) is 16.3 Å². The van der Waals surface area contributed by atoms with Gasteiger partial charge in [0.05, 0.1) is 10.9 Å². The highest BCUT2D eigenvalue weighted by atomic mass is 19.4. The number of amides is 2. The van der Waals surface area contributed by atoms with Gasteiger partial charge in [-0.25, -0.2) is 20.3 Å². The van der Waals surface area contributed by atoms with Crippen LogP contribution in [-0.4, -0.2) is 76.7 Å². The minimum Gasteiger partial charge on any atom is -0.468 e. The Labute approximate surface area is 213 Å². The normalized spacial score (nSPS) is 14.0. The molecule has 0 aliphatic carbocycles. The minimum absolute atomic E-state index is 0.00167. The van der Waals surface area contributed by atoms with Crippen LogP contribution in [0.3, 0.4) is 0 Å². The van der Waals surface area contributed by atoms with Crippen molar-refractivity contribution in [3.63, 3.8) is 0 Å². The van der Waals surface area contributed by atoms with Gasteiger partial charge in [-0.15, -0.1) is 5.10 Å². The highest BCUT2D eigenvalue weighted by Crippen LogP contribution is 2.30. The highest BCUT2D eigenvalue weighted by molar-refractivity contribution is 6.02. The molecule has 2 aromatic heterocycles. The van der Waals surface area contributed by atoms with E-state index in [9.17, 15) is 27.2 Å². The van der Waals surface area contributed by atoms with Gasteiger partial charge < -0.3 is 25.3 Å². The number of halogens is 4. The maximum absolute atomic E-state index is 14.1. The molecule has 0 spiro atoms. The van der Waals surface area contributed by atoms with E-state index in [1.807, 2.05) is 0 Å². The number of benzene rings is 1. The lowest BCUT2D eigenvalue weighted by molar-refractivity contribution is -0.153. The average molecular weight is 536 g/mol. The van der Waals surface area contributed by atoms with Crippen LogP contribution in [0.25, 0.3) is 10.9 Å². The number of ether oxygens (including phenoxy) is 1. The van der Waals surface area contributed by atoms with Gasteiger partial charge in [0.15, 0.2) is 12.4 Å². The minimum atomic E-state index is -4.53. The SMILES string of the molecule is CN(N)/N=C(\N)c1cc(F)cc(C(=O)NCCN2CCn3c(cc4c(OCC(F)(F)F)nccc43)C2=O)c1. The molecule has 15 heteroatoms. The molecular formula is C23H24F4N8O3. The molecule has 4 rings (SSSR count). The molecule has 202 valence electrons. The first-order chi connectivity index (χ1) is 17.9. The molecule has 1 aliphatic rings. The number of nitrogens with zero attached hydrogens (tertiary/aromatic N) is 5. The lowest BCUT2D eigenvalue weighted by Gasteiger charge is -2.28. The van der Waals surface area contributed by atoms with Gasteiger partial charge in [-0.2, -0.15) is 13.2 Å². The summed E-state index contributed by atoms with van der Waals surface area (Å²) < 4.78 is 58.4. The Balaban J connectivity index is 1.42. The third-order valence-corrected chi connectivity index (χ3v) is 5.65. The number of carbonyl (C=O) groups excluding carboxylic acids is 2. The van der Waals surface area contributed by atoms with Crippen LogP contribution in [0.1, 0.15) is 26.4 Å². The standard InChI is InChI=1S/C23H24F4N8O3/c1-33(29)32-19(28)13-8-14(10-15(24)9-13)20(36)30-4-5-34-6-7-35-17-2-3-31-21(38-12-23(25,26)27)16(17)11-18(35)22(34)37/h2-3,8-11H,4-7,12,29H2,1H3,(H2,28,32)(H,30,36). The lowest BCUT2D eigenvalue weighted by atomic mass is 10.1. The Morgan fingerprint density at radius 1 is 1.24 bits per heavy atom. The number of fused-ring (bicyclic) bond motifs is 3. The first kappa shape index (κ1) is 26.7. The number of nitrogens with two attached hydrogens (primary N) is 2. The summed E-state index contributed by atoms with van der Waals surface area (Å²) >= 11 is 0. The molecule has 0 unspecified atom stereocenters. The first-order valence-corrected chi connectivity index (χ1v) is 11.3. The topological polar surface area (TPSA) is 144 Å². The monoisotopic (exact) mass is 536 g/mol. The summed E-state index contributed by atoms with van der Waals surface area (Å²) in [6.45, 7) is -0.618. The molecule has 3 aromatic rings. The fourth-order valence-corrected chi connectivity index (χ4v) is 4.04. The number of alkyl halides is 3. The maximum atomic E-state index is 14.1. The van der Waals surface area contributed by atoms with Crippen molar-refractivity contribution in [2.24, 2.45) is 16.7 Å². The van der Waals surface area contributed by atoms with Crippen molar-refractivity contribution in [3.05, 3.63) is 59.2 Å². The summed E-state index contributed by atoms with van der Waals surface area (Å²) in [6.07, 6.45) is -3.21. The van der Waals surface area contributed by atoms with Crippen LogP contribution in [-0.2, 0) is 6.54 Å². The number of rotatable bonds is 8. The largest absolute Gasteiger partial charge is 0.468 e. The van der Waals surface area contributed by atoms with Crippen LogP contribution in [0, 0.1) is 5.82 Å². The molecular weight excluding hydrogens is 512 g/mol. The van der Waals surface area contributed by atoms with Gasteiger partial charge >= 0.3 is 6.18 Å². The molecule has 0 bridgehead atoms. The number of hydrazine groups is 1. The van der Waals surface area contributed by atoms with Gasteiger partial charge in [0.25, 0.3) is 11.8 Å². The molecule has 0 radical (unpaired) electrons. The van der Waals surface area contributed by atoms with E-state index in [-0.39, 0.29) is 47.5 Å². The third-order valence-electron chi connectivity index (χ3n) is 5.65. The number of hydrogen-bond donors (Lipinski definition) is 3. The van der Waals surface area contributed by atoms with Gasteiger partial charge in [0.1, 0.15) is 11.5 Å². The number of hydrogen-bond acceptors (Lipinski definition) is 7. The van der Waals surface area contributed by atoms with Crippen molar-refractivity contribution >= 4 is 28.6 Å². The molecule has 38 heavy (non-hydrogen) atoms. The fourth-order valence-electron chi connectivity index (χ4n) is 4.04. The van der Waals surface area contributed by atoms with Crippen LogP contribution >= 0.6 is 0 Å². The second-order valence-electron chi connectivity index (χ2n) is 8.47. The Kier molecular flexibility index (Phi) is 7.39. The summed E-state index contributed by atoms with van der Waals surface area (Å²) in [4.78, 5) is 31.0. The van der Waals surface area contributed by atoms with Crippen LogP contribution in [0.4, 0.5) is 17.6 Å². The van der Waals surface area contributed by atoms with Gasteiger partial charge in [0, 0.05) is 50.6 Å². The van der Waals surface area contributed by atoms with Crippen molar-refractivity contribution in [2.45, 2.75) is 12.7 Å². The number of nitrogens with one attached hydrogen (secondary N) is 1. The molecule has 1 aromatic carbocycles. The van der Waals surface area contributed by atoms with Crippen molar-refractivity contribution in [1.82, 2.24) is 24.9 Å². The number of aromatic nitrogens is 2. The van der Waals surface area contributed by atoms with Gasteiger partial charge in [-0.05, 0) is 30.3 Å². The zero-order chi connectivity index (χ0) is 27.6. The van der Waals surface area contributed by atoms with Crippen molar-refractivity contribution in [2.75, 3.05) is 33.3 Å². The van der Waals surface area contributed by atoms with E-state index in [1.165, 1.54) is 30.3 Å². The maximum Gasteiger partial charge on any atom is 0.422 e. The second kappa shape index (κ2) is 10.5. The molecule has 0 saturated carbocycles. The Hall–Kier alpha value is -4.40. The molecule has 5 N–H and O–H groups in total. The average Bonchev–Trinajstić information content (AvgIpc) is 3.23. The van der Waals surface area contributed by atoms with Gasteiger partial charge in [-0.3, -0.25) is 9.59 Å². The van der Waals surface area contributed by atoms with Crippen LogP contribution in [0.15, 0.2) is 41.6 Å². The molecule has 1 aliphatic heterocycles. The lowest BCUT2D eigenvalue weighted by Crippen LogP contribution is -2.44. The van der Waals surface area contributed by atoms with Crippen molar-refractivity contribution in [1.29, 1.82) is 0 Å².